The summed E-state index contributed by atoms with van der Waals surface area (Å²) in [5.41, 5.74) is 4.95. The Morgan fingerprint density at radius 1 is 1.62 bits per heavy atom. The highest BCUT2D eigenvalue weighted by Crippen LogP contribution is 2.42. The van der Waals surface area contributed by atoms with Crippen molar-refractivity contribution in [1.29, 1.82) is 0 Å². The molecule has 90 valence electrons. The number of hydrogen-bond donors (Lipinski definition) is 2. The molecule has 0 radical (unpaired) electrons. The molecule has 1 saturated carbocycles. The normalized spacial score (nSPS) is 20.4. The zero-order valence-corrected chi connectivity index (χ0v) is 9.35. The Hall–Kier alpha value is -0.980. The lowest BCUT2D eigenvalue weighted by Gasteiger charge is -2.37. The summed E-state index contributed by atoms with van der Waals surface area (Å²) in [6.45, 7) is 0.383. The number of rotatable bonds is 5. The molecule has 1 aromatic rings. The number of methoxy groups -OCH3 is 1. The minimum atomic E-state index is -0.778. The summed E-state index contributed by atoms with van der Waals surface area (Å²) in [6, 6.07) is 0. The molecule has 0 aromatic carbocycles. The highest BCUT2D eigenvalue weighted by molar-refractivity contribution is 5.07. The third kappa shape index (κ3) is 1.83. The van der Waals surface area contributed by atoms with Gasteiger partial charge in [0.25, 0.3) is 5.89 Å². The molecule has 16 heavy (non-hydrogen) atoms. The number of hydrogen-bond acceptors (Lipinski definition) is 6. The molecule has 1 fully saturated rings. The maximum atomic E-state index is 9.65. The Labute approximate surface area is 93.8 Å². The first-order valence-electron chi connectivity index (χ1n) is 5.49. The first-order chi connectivity index (χ1) is 7.72. The third-order valence-electron chi connectivity index (χ3n) is 3.13. The van der Waals surface area contributed by atoms with E-state index < -0.39 is 11.7 Å². The second kappa shape index (κ2) is 4.48. The largest absolute Gasteiger partial charge is 0.383 e. The lowest BCUT2D eigenvalue weighted by molar-refractivity contribution is -0.0858. The predicted octanol–water partition coefficient (Wildman–Crippen LogP) is 0.477. The smallest absolute Gasteiger partial charge is 0.255 e. The molecule has 1 atom stereocenters. The molecular formula is C10H17N3O3. The van der Waals surface area contributed by atoms with Crippen molar-refractivity contribution in [3.63, 3.8) is 0 Å². The first-order valence-corrected chi connectivity index (χ1v) is 5.49. The Bertz CT molecular complexity index is 343. The van der Waals surface area contributed by atoms with Gasteiger partial charge in [0.05, 0.1) is 0 Å². The van der Waals surface area contributed by atoms with Crippen LogP contribution in [-0.4, -0.2) is 28.9 Å². The Balaban J connectivity index is 2.12. The van der Waals surface area contributed by atoms with Gasteiger partial charge in [0.2, 0.25) is 5.82 Å². The topological polar surface area (TPSA) is 94.4 Å². The number of nitrogens with zero attached hydrogens (tertiary/aromatic N) is 2. The van der Waals surface area contributed by atoms with E-state index in [0.29, 0.717) is 18.8 Å². The molecule has 6 nitrogen and oxygen atoms in total. The average molecular weight is 227 g/mol. The van der Waals surface area contributed by atoms with Gasteiger partial charge in [0.1, 0.15) is 11.7 Å². The SMILES string of the molecule is COC1(c2noc(C(O)CCN)n2)CCC1. The van der Waals surface area contributed by atoms with Crippen molar-refractivity contribution in [2.75, 3.05) is 13.7 Å². The molecule has 0 spiro atoms. The summed E-state index contributed by atoms with van der Waals surface area (Å²) in [6.07, 6.45) is 2.54. The molecule has 0 aliphatic heterocycles. The molecule has 6 heteroatoms. The van der Waals surface area contributed by atoms with Crippen LogP contribution >= 0.6 is 0 Å². The van der Waals surface area contributed by atoms with Crippen LogP contribution in [0.3, 0.4) is 0 Å². The fourth-order valence-electron chi connectivity index (χ4n) is 1.85. The van der Waals surface area contributed by atoms with E-state index in [9.17, 15) is 5.11 Å². The summed E-state index contributed by atoms with van der Waals surface area (Å²) in [5.74, 6) is 0.760. The quantitative estimate of drug-likeness (QED) is 0.759. The van der Waals surface area contributed by atoms with Crippen molar-refractivity contribution in [2.24, 2.45) is 5.73 Å². The Morgan fingerprint density at radius 3 is 2.88 bits per heavy atom. The van der Waals surface area contributed by atoms with Gasteiger partial charge in [0, 0.05) is 7.11 Å². The number of ether oxygens (including phenoxy) is 1. The molecule has 0 amide bonds. The van der Waals surface area contributed by atoms with Crippen LogP contribution in [0.4, 0.5) is 0 Å². The minimum Gasteiger partial charge on any atom is -0.383 e. The van der Waals surface area contributed by atoms with Crippen LogP contribution in [0.1, 0.15) is 43.5 Å². The second-order valence-corrected chi connectivity index (χ2v) is 4.10. The molecule has 0 saturated heterocycles. The summed E-state index contributed by atoms with van der Waals surface area (Å²) in [5, 5.41) is 13.5. The van der Waals surface area contributed by atoms with E-state index in [-0.39, 0.29) is 5.89 Å². The van der Waals surface area contributed by atoms with Crippen molar-refractivity contribution in [3.8, 4) is 0 Å². The number of aliphatic hydroxyl groups excluding tert-OH is 1. The van der Waals surface area contributed by atoms with Crippen molar-refractivity contribution >= 4 is 0 Å². The fourth-order valence-corrected chi connectivity index (χ4v) is 1.85. The zero-order chi connectivity index (χ0) is 11.6. The molecule has 1 heterocycles. The van der Waals surface area contributed by atoms with Crippen LogP contribution in [0, 0.1) is 0 Å². The molecule has 1 aliphatic rings. The van der Waals surface area contributed by atoms with E-state index >= 15 is 0 Å². The van der Waals surface area contributed by atoms with Gasteiger partial charge in [-0.3, -0.25) is 0 Å². The average Bonchev–Trinajstić information content (AvgIpc) is 2.67. The van der Waals surface area contributed by atoms with E-state index in [2.05, 4.69) is 10.1 Å². The predicted molar refractivity (Wildman–Crippen MR) is 55.5 cm³/mol. The van der Waals surface area contributed by atoms with Crippen LogP contribution in [0.2, 0.25) is 0 Å². The second-order valence-electron chi connectivity index (χ2n) is 4.10. The highest BCUT2D eigenvalue weighted by atomic mass is 16.5. The molecule has 1 unspecified atom stereocenters. The van der Waals surface area contributed by atoms with Crippen LogP contribution in [-0.2, 0) is 10.3 Å². The van der Waals surface area contributed by atoms with Crippen LogP contribution in [0.5, 0.6) is 0 Å². The van der Waals surface area contributed by atoms with E-state index in [1.54, 1.807) is 7.11 Å². The Morgan fingerprint density at radius 2 is 2.38 bits per heavy atom. The zero-order valence-electron chi connectivity index (χ0n) is 9.35. The maximum absolute atomic E-state index is 9.65. The molecular weight excluding hydrogens is 210 g/mol. The number of aromatic nitrogens is 2. The van der Waals surface area contributed by atoms with Gasteiger partial charge < -0.3 is 20.1 Å². The van der Waals surface area contributed by atoms with E-state index in [1.807, 2.05) is 0 Å². The van der Waals surface area contributed by atoms with E-state index in [1.165, 1.54) is 0 Å². The molecule has 3 N–H and O–H groups in total. The first kappa shape index (κ1) is 11.5. The van der Waals surface area contributed by atoms with Crippen molar-refractivity contribution in [3.05, 3.63) is 11.7 Å². The molecule has 1 aromatic heterocycles. The van der Waals surface area contributed by atoms with Crippen molar-refractivity contribution in [1.82, 2.24) is 10.1 Å². The third-order valence-corrected chi connectivity index (χ3v) is 3.13. The molecule has 1 aliphatic carbocycles. The lowest BCUT2D eigenvalue weighted by atomic mass is 9.79. The fraction of sp³-hybridized carbons (Fsp3) is 0.800. The number of aliphatic hydroxyl groups is 1. The van der Waals surface area contributed by atoms with Gasteiger partial charge in [-0.25, -0.2) is 0 Å². The van der Waals surface area contributed by atoms with Gasteiger partial charge in [-0.15, -0.1) is 0 Å². The van der Waals surface area contributed by atoms with Gasteiger partial charge in [-0.1, -0.05) is 5.16 Å². The molecule has 2 rings (SSSR count). The van der Waals surface area contributed by atoms with Crippen LogP contribution in [0.25, 0.3) is 0 Å². The lowest BCUT2D eigenvalue weighted by Crippen LogP contribution is -2.37. The summed E-state index contributed by atoms with van der Waals surface area (Å²) in [7, 11) is 1.64. The van der Waals surface area contributed by atoms with E-state index in [4.69, 9.17) is 15.0 Å². The van der Waals surface area contributed by atoms with Crippen molar-refractivity contribution < 1.29 is 14.4 Å². The standard InChI is InChI=1S/C10H17N3O3/c1-15-10(4-2-5-10)9-12-8(16-13-9)7(14)3-6-11/h7,14H,2-6,11H2,1H3. The Kier molecular flexibility index (Phi) is 3.22. The van der Waals surface area contributed by atoms with Gasteiger partial charge in [-0.05, 0) is 32.2 Å². The molecule has 0 bridgehead atoms. The van der Waals surface area contributed by atoms with E-state index in [0.717, 1.165) is 19.3 Å². The monoisotopic (exact) mass is 227 g/mol. The van der Waals surface area contributed by atoms with Gasteiger partial charge in [0.15, 0.2) is 0 Å². The van der Waals surface area contributed by atoms with Gasteiger partial charge >= 0.3 is 0 Å². The summed E-state index contributed by atoms with van der Waals surface area (Å²) < 4.78 is 10.4. The number of nitrogens with two attached hydrogens (primary N) is 1. The van der Waals surface area contributed by atoms with Crippen molar-refractivity contribution in [2.45, 2.75) is 37.4 Å². The summed E-state index contributed by atoms with van der Waals surface area (Å²) in [4.78, 5) is 4.19. The highest BCUT2D eigenvalue weighted by Gasteiger charge is 2.43. The summed E-state index contributed by atoms with van der Waals surface area (Å²) >= 11 is 0. The van der Waals surface area contributed by atoms with Crippen LogP contribution < -0.4 is 5.73 Å². The van der Waals surface area contributed by atoms with Crippen LogP contribution in [0.15, 0.2) is 4.52 Å². The van der Waals surface area contributed by atoms with Gasteiger partial charge in [-0.2, -0.15) is 4.98 Å². The minimum absolute atomic E-state index is 0.226. The maximum Gasteiger partial charge on any atom is 0.255 e.